The number of nitrogens with one attached hydrogen (secondary N) is 1. The molecule has 1 saturated heterocycles. The van der Waals surface area contributed by atoms with Gasteiger partial charge in [-0.15, -0.1) is 0 Å². The van der Waals surface area contributed by atoms with Crippen LogP contribution in [0.3, 0.4) is 0 Å². The lowest BCUT2D eigenvalue weighted by atomic mass is 9.95. The maximum Gasteiger partial charge on any atom is 0.250 e. The summed E-state index contributed by atoms with van der Waals surface area (Å²) in [5.41, 5.74) is 3.89. The van der Waals surface area contributed by atoms with Gasteiger partial charge in [-0.25, -0.2) is 0 Å². The molecular weight excluding hydrogens is 400 g/mol. The Hall–Kier alpha value is -4.00. The number of aromatic nitrogens is 4. The molecule has 160 valence electrons. The maximum atomic E-state index is 13.1. The highest BCUT2D eigenvalue weighted by molar-refractivity contribution is 5.96. The molecule has 0 bridgehead atoms. The van der Waals surface area contributed by atoms with E-state index in [1.807, 2.05) is 72.8 Å². The van der Waals surface area contributed by atoms with E-state index < -0.39 is 0 Å². The fourth-order valence-electron chi connectivity index (χ4n) is 4.15. The van der Waals surface area contributed by atoms with E-state index in [1.165, 1.54) is 0 Å². The number of nitrogens with zero attached hydrogens (tertiary/aromatic N) is 5. The summed E-state index contributed by atoms with van der Waals surface area (Å²) in [4.78, 5) is 15.2. The Morgan fingerprint density at radius 2 is 1.50 bits per heavy atom. The van der Waals surface area contributed by atoms with Crippen LogP contribution in [0.1, 0.15) is 12.8 Å². The van der Waals surface area contributed by atoms with Crippen LogP contribution in [0, 0.1) is 5.92 Å². The fraction of sp³-hybridized carbons (Fsp3) is 0.200. The van der Waals surface area contributed by atoms with Gasteiger partial charge in [0.2, 0.25) is 11.9 Å². The summed E-state index contributed by atoms with van der Waals surface area (Å²) >= 11 is 0. The molecule has 5 rings (SSSR count). The zero-order valence-corrected chi connectivity index (χ0v) is 17.6. The first kappa shape index (κ1) is 19.9. The highest BCUT2D eigenvalue weighted by atomic mass is 16.1. The van der Waals surface area contributed by atoms with Crippen LogP contribution in [0.25, 0.3) is 16.8 Å². The number of hydrogen-bond acceptors (Lipinski definition) is 5. The molecule has 2 heterocycles. The van der Waals surface area contributed by atoms with Gasteiger partial charge in [0.05, 0.1) is 5.69 Å². The first-order chi connectivity index (χ1) is 15.8. The maximum absolute atomic E-state index is 13.1. The van der Waals surface area contributed by atoms with Crippen LogP contribution < -0.4 is 10.2 Å². The quantitative estimate of drug-likeness (QED) is 0.520. The molecule has 0 spiro atoms. The first-order valence-electron chi connectivity index (χ1n) is 10.8. The lowest BCUT2D eigenvalue weighted by molar-refractivity contribution is -0.120. The normalized spacial score (nSPS) is 14.3. The summed E-state index contributed by atoms with van der Waals surface area (Å²) in [7, 11) is 0. The average molecular weight is 425 g/mol. The van der Waals surface area contributed by atoms with Crippen molar-refractivity contribution in [1.82, 2.24) is 20.2 Å². The molecule has 0 saturated carbocycles. The second-order valence-electron chi connectivity index (χ2n) is 7.89. The van der Waals surface area contributed by atoms with Gasteiger partial charge in [0.15, 0.2) is 0 Å². The van der Waals surface area contributed by atoms with Crippen molar-refractivity contribution in [1.29, 1.82) is 0 Å². The van der Waals surface area contributed by atoms with Gasteiger partial charge in [-0.05, 0) is 47.0 Å². The third kappa shape index (κ3) is 4.09. The minimum atomic E-state index is -0.0452. The van der Waals surface area contributed by atoms with Crippen molar-refractivity contribution in [3.8, 4) is 16.8 Å². The van der Waals surface area contributed by atoms with Crippen molar-refractivity contribution >= 4 is 17.5 Å². The lowest BCUT2D eigenvalue weighted by Crippen LogP contribution is -2.39. The van der Waals surface area contributed by atoms with E-state index >= 15 is 0 Å². The number of amides is 1. The van der Waals surface area contributed by atoms with Crippen LogP contribution in [-0.4, -0.2) is 39.2 Å². The highest BCUT2D eigenvalue weighted by Gasteiger charge is 2.28. The van der Waals surface area contributed by atoms with Gasteiger partial charge in [0.1, 0.15) is 0 Å². The van der Waals surface area contributed by atoms with Gasteiger partial charge < -0.3 is 10.2 Å². The molecule has 7 heteroatoms. The summed E-state index contributed by atoms with van der Waals surface area (Å²) in [6.45, 7) is 1.46. The number of piperidine rings is 1. The Morgan fingerprint density at radius 3 is 2.25 bits per heavy atom. The number of anilines is 2. The molecule has 0 radical (unpaired) electrons. The van der Waals surface area contributed by atoms with Crippen molar-refractivity contribution in [2.45, 2.75) is 12.8 Å². The Morgan fingerprint density at radius 1 is 0.844 bits per heavy atom. The largest absolute Gasteiger partial charge is 0.339 e. The molecule has 0 unspecified atom stereocenters. The predicted octanol–water partition coefficient (Wildman–Crippen LogP) is 4.18. The van der Waals surface area contributed by atoms with Gasteiger partial charge in [0, 0.05) is 30.3 Å². The van der Waals surface area contributed by atoms with E-state index in [-0.39, 0.29) is 11.8 Å². The van der Waals surface area contributed by atoms with Crippen molar-refractivity contribution in [3.63, 3.8) is 0 Å². The second-order valence-corrected chi connectivity index (χ2v) is 7.89. The Kier molecular flexibility index (Phi) is 5.61. The molecule has 1 aliphatic heterocycles. The predicted molar refractivity (Wildman–Crippen MR) is 125 cm³/mol. The molecule has 3 aromatic carbocycles. The molecule has 1 aromatic heterocycles. The van der Waals surface area contributed by atoms with Gasteiger partial charge in [-0.1, -0.05) is 71.8 Å². The third-order valence-electron chi connectivity index (χ3n) is 5.87. The summed E-state index contributed by atoms with van der Waals surface area (Å²) in [5, 5.41) is 15.4. The number of rotatable bonds is 5. The van der Waals surface area contributed by atoms with E-state index in [4.69, 9.17) is 0 Å². The third-order valence-corrected chi connectivity index (χ3v) is 5.87. The van der Waals surface area contributed by atoms with Gasteiger partial charge in [0.25, 0.3) is 0 Å². The second kappa shape index (κ2) is 9.01. The van der Waals surface area contributed by atoms with Crippen molar-refractivity contribution < 1.29 is 4.79 Å². The van der Waals surface area contributed by atoms with E-state index in [0.717, 1.165) is 48.4 Å². The zero-order chi connectivity index (χ0) is 21.8. The molecule has 7 nitrogen and oxygen atoms in total. The van der Waals surface area contributed by atoms with E-state index in [0.29, 0.717) is 5.95 Å². The van der Waals surface area contributed by atoms with Gasteiger partial charge in [-0.2, -0.15) is 4.68 Å². The number of carbonyl (C=O) groups is 1. The minimum absolute atomic E-state index is 0.0452. The first-order valence-corrected chi connectivity index (χ1v) is 10.8. The van der Waals surface area contributed by atoms with Crippen LogP contribution in [0.4, 0.5) is 11.6 Å². The minimum Gasteiger partial charge on any atom is -0.339 e. The van der Waals surface area contributed by atoms with Crippen LogP contribution in [-0.2, 0) is 4.79 Å². The molecule has 1 aliphatic rings. The topological polar surface area (TPSA) is 75.9 Å². The van der Waals surface area contributed by atoms with Crippen molar-refractivity contribution in [2.24, 2.45) is 5.92 Å². The number of tetrazole rings is 1. The molecule has 1 fully saturated rings. The standard InChI is InChI=1S/C25H24N6O/c32-24(26-23-14-8-7-13-22(23)19-9-3-1-4-10-19)20-15-17-30(18-16-20)25-27-28-29-31(25)21-11-5-2-6-12-21/h1-14,20H,15-18H2,(H,26,32). The lowest BCUT2D eigenvalue weighted by Gasteiger charge is -2.31. The number of carbonyl (C=O) groups excluding carboxylic acids is 1. The van der Waals surface area contributed by atoms with Crippen molar-refractivity contribution in [3.05, 3.63) is 84.9 Å². The van der Waals surface area contributed by atoms with Crippen LogP contribution >= 0.6 is 0 Å². The monoisotopic (exact) mass is 424 g/mol. The fourth-order valence-corrected chi connectivity index (χ4v) is 4.15. The van der Waals surface area contributed by atoms with E-state index in [2.05, 4.69) is 37.9 Å². The van der Waals surface area contributed by atoms with E-state index in [1.54, 1.807) is 4.68 Å². The molecule has 1 N–H and O–H groups in total. The van der Waals surface area contributed by atoms with Crippen molar-refractivity contribution in [2.75, 3.05) is 23.3 Å². The Labute approximate surface area is 186 Å². The summed E-state index contributed by atoms with van der Waals surface area (Å²) < 4.78 is 1.75. The molecule has 32 heavy (non-hydrogen) atoms. The van der Waals surface area contributed by atoms with Crippen LogP contribution in [0.5, 0.6) is 0 Å². The average Bonchev–Trinajstić information content (AvgIpc) is 3.36. The van der Waals surface area contributed by atoms with Gasteiger partial charge in [-0.3, -0.25) is 4.79 Å². The Balaban J connectivity index is 1.26. The molecule has 0 atom stereocenters. The number of benzene rings is 3. The summed E-state index contributed by atoms with van der Waals surface area (Å²) in [6, 6.07) is 27.9. The van der Waals surface area contributed by atoms with Crippen LogP contribution in [0.15, 0.2) is 84.9 Å². The molecular formula is C25H24N6O. The SMILES string of the molecule is O=C(Nc1ccccc1-c1ccccc1)C1CCN(c2nnnn2-c2ccccc2)CC1. The highest BCUT2D eigenvalue weighted by Crippen LogP contribution is 2.29. The van der Waals surface area contributed by atoms with E-state index in [9.17, 15) is 4.79 Å². The number of para-hydroxylation sites is 2. The smallest absolute Gasteiger partial charge is 0.250 e. The molecule has 4 aromatic rings. The summed E-state index contributed by atoms with van der Waals surface area (Å²) in [5.74, 6) is 0.733. The van der Waals surface area contributed by atoms with Crippen LogP contribution in [0.2, 0.25) is 0 Å². The number of hydrogen-bond donors (Lipinski definition) is 1. The Bertz CT molecular complexity index is 1180. The molecule has 0 aliphatic carbocycles. The summed E-state index contributed by atoms with van der Waals surface area (Å²) in [6.07, 6.45) is 1.50. The zero-order valence-electron chi connectivity index (χ0n) is 17.6. The molecule has 1 amide bonds. The van der Waals surface area contributed by atoms with Gasteiger partial charge >= 0.3 is 0 Å².